The predicted octanol–water partition coefficient (Wildman–Crippen LogP) is 2.59. The normalized spacial score (nSPS) is 22.3. The zero-order chi connectivity index (χ0) is 15.7. The van der Waals surface area contributed by atoms with E-state index < -0.39 is 0 Å². The van der Waals surface area contributed by atoms with Gasteiger partial charge in [-0.05, 0) is 24.1 Å². The van der Waals surface area contributed by atoms with Crippen molar-refractivity contribution in [2.45, 2.75) is 23.9 Å². The van der Waals surface area contributed by atoms with Gasteiger partial charge in [-0.15, -0.1) is 11.8 Å². The third-order valence-electron chi connectivity index (χ3n) is 4.40. The molecule has 5 nitrogen and oxygen atoms in total. The topological polar surface area (TPSA) is 55.6 Å². The molecule has 0 aliphatic carbocycles. The molecule has 2 aromatic rings. The van der Waals surface area contributed by atoms with Crippen molar-refractivity contribution in [2.24, 2.45) is 0 Å². The molecule has 1 atom stereocenters. The molecule has 23 heavy (non-hydrogen) atoms. The van der Waals surface area contributed by atoms with Gasteiger partial charge in [0.05, 0.1) is 29.3 Å². The molecule has 0 bridgehead atoms. The number of carbonyl (C=O) groups excluding carboxylic acids is 1. The van der Waals surface area contributed by atoms with E-state index in [0.717, 1.165) is 30.8 Å². The fourth-order valence-electron chi connectivity index (χ4n) is 3.19. The average molecular weight is 330 g/mol. The van der Waals surface area contributed by atoms with Crippen molar-refractivity contribution in [3.05, 3.63) is 54.2 Å². The van der Waals surface area contributed by atoms with Crippen molar-refractivity contribution >= 4 is 17.7 Å². The Bertz CT molecular complexity index is 668. The van der Waals surface area contributed by atoms with E-state index in [1.165, 1.54) is 12.5 Å². The van der Waals surface area contributed by atoms with Gasteiger partial charge in [0.25, 0.3) is 5.91 Å². The van der Waals surface area contributed by atoms with Gasteiger partial charge in [0.2, 0.25) is 0 Å². The highest BCUT2D eigenvalue weighted by Crippen LogP contribution is 2.46. The molecule has 0 aromatic carbocycles. The Morgan fingerprint density at radius 1 is 1.48 bits per heavy atom. The fraction of sp³-hybridized carbons (Fsp3) is 0.412. The van der Waals surface area contributed by atoms with E-state index in [1.807, 2.05) is 35.0 Å². The van der Waals surface area contributed by atoms with E-state index in [4.69, 9.17) is 9.15 Å². The monoisotopic (exact) mass is 330 g/mol. The molecule has 0 radical (unpaired) electrons. The molecule has 4 heterocycles. The van der Waals surface area contributed by atoms with E-state index in [1.54, 1.807) is 12.3 Å². The predicted molar refractivity (Wildman–Crippen MR) is 87.2 cm³/mol. The Labute approximate surface area is 139 Å². The van der Waals surface area contributed by atoms with Crippen LogP contribution in [-0.2, 0) is 11.3 Å². The number of carbonyl (C=O) groups is 1. The van der Waals surface area contributed by atoms with Crippen LogP contribution in [0, 0.1) is 0 Å². The number of ether oxygens (including phenoxy) is 1. The van der Waals surface area contributed by atoms with Crippen molar-refractivity contribution in [2.75, 3.05) is 18.8 Å². The lowest BCUT2D eigenvalue weighted by atomic mass is 9.92. The van der Waals surface area contributed by atoms with Crippen molar-refractivity contribution in [1.82, 2.24) is 9.88 Å². The van der Waals surface area contributed by atoms with Gasteiger partial charge in [0.15, 0.2) is 0 Å². The molecule has 2 aliphatic heterocycles. The summed E-state index contributed by atoms with van der Waals surface area (Å²) < 4.78 is 11.2. The SMILES string of the molecule is O=C(c1ccoc1)N1CC2(CC(OCc3cccnc3)CS2)C1. The molecule has 0 N–H and O–H groups in total. The summed E-state index contributed by atoms with van der Waals surface area (Å²) in [4.78, 5) is 18.2. The van der Waals surface area contributed by atoms with Gasteiger partial charge >= 0.3 is 0 Å². The lowest BCUT2D eigenvalue weighted by molar-refractivity contribution is 0.0254. The van der Waals surface area contributed by atoms with Gasteiger partial charge in [0.1, 0.15) is 6.26 Å². The van der Waals surface area contributed by atoms with Gasteiger partial charge in [0, 0.05) is 31.2 Å². The highest BCUT2D eigenvalue weighted by Gasteiger charge is 2.51. The van der Waals surface area contributed by atoms with Crippen LogP contribution >= 0.6 is 11.8 Å². The first-order chi connectivity index (χ1) is 11.2. The van der Waals surface area contributed by atoms with Gasteiger partial charge in [-0.3, -0.25) is 9.78 Å². The Morgan fingerprint density at radius 2 is 2.39 bits per heavy atom. The van der Waals surface area contributed by atoms with Gasteiger partial charge < -0.3 is 14.1 Å². The van der Waals surface area contributed by atoms with Crippen LogP contribution in [0.2, 0.25) is 0 Å². The number of furan rings is 1. The quantitative estimate of drug-likeness (QED) is 0.862. The van der Waals surface area contributed by atoms with Gasteiger partial charge in [-0.2, -0.15) is 0 Å². The number of nitrogens with zero attached hydrogens (tertiary/aromatic N) is 2. The summed E-state index contributed by atoms with van der Waals surface area (Å²) >= 11 is 1.94. The fourth-order valence-corrected chi connectivity index (χ4v) is 4.74. The van der Waals surface area contributed by atoms with Crippen LogP contribution in [-0.4, -0.2) is 45.5 Å². The Morgan fingerprint density at radius 3 is 3.13 bits per heavy atom. The Hall–Kier alpha value is -1.79. The largest absolute Gasteiger partial charge is 0.472 e. The van der Waals surface area contributed by atoms with E-state index >= 15 is 0 Å². The molecule has 120 valence electrons. The number of hydrogen-bond donors (Lipinski definition) is 0. The zero-order valence-electron chi connectivity index (χ0n) is 12.7. The smallest absolute Gasteiger partial charge is 0.257 e. The molecule has 1 unspecified atom stereocenters. The molecule has 2 fully saturated rings. The van der Waals surface area contributed by atoms with E-state index in [2.05, 4.69) is 4.98 Å². The van der Waals surface area contributed by atoms with E-state index in [0.29, 0.717) is 12.2 Å². The van der Waals surface area contributed by atoms with Crippen molar-refractivity contribution < 1.29 is 13.9 Å². The maximum Gasteiger partial charge on any atom is 0.257 e. The number of hydrogen-bond acceptors (Lipinski definition) is 5. The Balaban J connectivity index is 1.27. The molecule has 1 amide bonds. The van der Waals surface area contributed by atoms with Crippen molar-refractivity contribution in [3.63, 3.8) is 0 Å². The van der Waals surface area contributed by atoms with Crippen LogP contribution in [0.1, 0.15) is 22.3 Å². The third-order valence-corrected chi connectivity index (χ3v) is 5.97. The standard InChI is InChI=1S/C17H18N2O3S/c20-16(14-3-5-21-9-14)19-11-17(12-19)6-15(10-23-17)22-8-13-2-1-4-18-7-13/h1-5,7,9,15H,6,8,10-12H2. The molecule has 6 heteroatoms. The highest BCUT2D eigenvalue weighted by molar-refractivity contribution is 8.01. The summed E-state index contributed by atoms with van der Waals surface area (Å²) in [6, 6.07) is 5.67. The van der Waals surface area contributed by atoms with Crippen LogP contribution in [0.5, 0.6) is 0 Å². The summed E-state index contributed by atoms with van der Waals surface area (Å²) in [5.41, 5.74) is 1.73. The van der Waals surface area contributed by atoms with Crippen LogP contribution < -0.4 is 0 Å². The van der Waals surface area contributed by atoms with Crippen molar-refractivity contribution in [1.29, 1.82) is 0 Å². The lowest BCUT2D eigenvalue weighted by Crippen LogP contribution is -2.60. The van der Waals surface area contributed by atoms with Gasteiger partial charge in [-0.1, -0.05) is 6.07 Å². The minimum absolute atomic E-state index is 0.0599. The number of thioether (sulfide) groups is 1. The minimum Gasteiger partial charge on any atom is -0.472 e. The minimum atomic E-state index is 0.0599. The second-order valence-corrected chi connectivity index (χ2v) is 7.65. The summed E-state index contributed by atoms with van der Waals surface area (Å²) in [6.07, 6.45) is 7.92. The lowest BCUT2D eigenvalue weighted by Gasteiger charge is -2.47. The Kier molecular flexibility index (Phi) is 3.87. The molecule has 2 saturated heterocycles. The molecule has 2 aromatic heterocycles. The van der Waals surface area contributed by atoms with E-state index in [9.17, 15) is 4.79 Å². The molecule has 2 aliphatic rings. The number of rotatable bonds is 4. The first kappa shape index (κ1) is 14.8. The first-order valence-electron chi connectivity index (χ1n) is 7.70. The summed E-state index contributed by atoms with van der Waals surface area (Å²) in [5, 5.41) is 0. The van der Waals surface area contributed by atoms with Gasteiger partial charge in [-0.25, -0.2) is 0 Å². The van der Waals surface area contributed by atoms with Crippen LogP contribution in [0.25, 0.3) is 0 Å². The van der Waals surface area contributed by atoms with Crippen molar-refractivity contribution in [3.8, 4) is 0 Å². The maximum absolute atomic E-state index is 12.2. The molecular formula is C17H18N2O3S. The highest BCUT2D eigenvalue weighted by atomic mass is 32.2. The van der Waals surface area contributed by atoms with E-state index in [-0.39, 0.29) is 16.8 Å². The number of aromatic nitrogens is 1. The summed E-state index contributed by atoms with van der Waals surface area (Å²) in [7, 11) is 0. The number of likely N-dealkylation sites (tertiary alicyclic amines) is 1. The second kappa shape index (κ2) is 6.02. The van der Waals surface area contributed by atoms with Crippen LogP contribution in [0.15, 0.2) is 47.5 Å². The zero-order valence-corrected chi connectivity index (χ0v) is 13.5. The summed E-state index contributed by atoms with van der Waals surface area (Å²) in [6.45, 7) is 2.20. The van der Waals surface area contributed by atoms with Crippen LogP contribution in [0.4, 0.5) is 0 Å². The number of amides is 1. The molecular weight excluding hydrogens is 312 g/mol. The first-order valence-corrected chi connectivity index (χ1v) is 8.69. The average Bonchev–Trinajstić information content (AvgIpc) is 3.22. The number of pyridine rings is 1. The summed E-state index contributed by atoms with van der Waals surface area (Å²) in [5.74, 6) is 1.05. The second-order valence-electron chi connectivity index (χ2n) is 6.17. The maximum atomic E-state index is 12.2. The molecule has 0 saturated carbocycles. The third kappa shape index (κ3) is 3.01. The molecule has 4 rings (SSSR count). The van der Waals surface area contributed by atoms with Crippen LogP contribution in [0.3, 0.4) is 0 Å². The molecule has 1 spiro atoms.